The standard InChI is InChI=1S/C13H22N2O2/c1-13(2)12(17)14(3)7-8-15(13)10-5-4-6-11(16)9-10/h10H,4-9H2,1-3H3. The van der Waals surface area contributed by atoms with Crippen LogP contribution in [0.15, 0.2) is 0 Å². The van der Waals surface area contributed by atoms with E-state index < -0.39 is 5.54 Å². The number of amides is 1. The third kappa shape index (κ3) is 2.23. The monoisotopic (exact) mass is 238 g/mol. The molecule has 2 rings (SSSR count). The van der Waals surface area contributed by atoms with Crippen LogP contribution >= 0.6 is 0 Å². The van der Waals surface area contributed by atoms with Crippen LogP contribution in [0.3, 0.4) is 0 Å². The fraction of sp³-hybridized carbons (Fsp3) is 0.846. The molecule has 1 saturated heterocycles. The summed E-state index contributed by atoms with van der Waals surface area (Å²) in [4.78, 5) is 27.8. The Hall–Kier alpha value is -0.900. The lowest BCUT2D eigenvalue weighted by Crippen LogP contribution is -2.65. The Morgan fingerprint density at radius 2 is 1.94 bits per heavy atom. The molecule has 0 bridgehead atoms. The van der Waals surface area contributed by atoms with E-state index in [2.05, 4.69) is 4.90 Å². The second-order valence-corrected chi connectivity index (χ2v) is 5.77. The van der Waals surface area contributed by atoms with Gasteiger partial charge in [-0.25, -0.2) is 0 Å². The SMILES string of the molecule is CN1CCN(C2CCCC(=O)C2)C(C)(C)C1=O. The van der Waals surface area contributed by atoms with Crippen molar-refractivity contribution in [3.05, 3.63) is 0 Å². The molecule has 17 heavy (non-hydrogen) atoms. The minimum absolute atomic E-state index is 0.168. The Morgan fingerprint density at radius 1 is 1.24 bits per heavy atom. The van der Waals surface area contributed by atoms with Gasteiger partial charge in [-0.15, -0.1) is 0 Å². The van der Waals surface area contributed by atoms with E-state index in [-0.39, 0.29) is 11.9 Å². The van der Waals surface area contributed by atoms with Crippen molar-refractivity contribution in [2.24, 2.45) is 0 Å². The van der Waals surface area contributed by atoms with E-state index >= 15 is 0 Å². The number of likely N-dealkylation sites (N-methyl/N-ethyl adjacent to an activating group) is 1. The highest BCUT2D eigenvalue weighted by Crippen LogP contribution is 2.30. The van der Waals surface area contributed by atoms with Crippen LogP contribution in [0.25, 0.3) is 0 Å². The average molecular weight is 238 g/mol. The number of carbonyl (C=O) groups is 2. The van der Waals surface area contributed by atoms with E-state index in [4.69, 9.17) is 0 Å². The molecular formula is C13H22N2O2. The number of ketones is 1. The van der Waals surface area contributed by atoms with Gasteiger partial charge in [0.25, 0.3) is 0 Å². The molecule has 1 aliphatic carbocycles. The molecule has 96 valence electrons. The van der Waals surface area contributed by atoms with E-state index in [0.717, 1.165) is 32.4 Å². The summed E-state index contributed by atoms with van der Waals surface area (Å²) in [7, 11) is 1.85. The van der Waals surface area contributed by atoms with E-state index in [9.17, 15) is 9.59 Å². The van der Waals surface area contributed by atoms with E-state index in [0.29, 0.717) is 12.2 Å². The molecule has 2 aliphatic rings. The predicted octanol–water partition coefficient (Wildman–Crippen LogP) is 1.05. The first-order valence-electron chi connectivity index (χ1n) is 6.47. The average Bonchev–Trinajstić information content (AvgIpc) is 2.26. The quantitative estimate of drug-likeness (QED) is 0.685. The molecule has 0 aromatic rings. The second kappa shape index (κ2) is 4.41. The molecule has 0 aromatic carbocycles. The van der Waals surface area contributed by atoms with E-state index in [1.807, 2.05) is 20.9 Å². The minimum atomic E-state index is -0.463. The lowest BCUT2D eigenvalue weighted by molar-refractivity contribution is -0.151. The molecule has 4 heteroatoms. The molecule has 1 heterocycles. The Morgan fingerprint density at radius 3 is 2.59 bits per heavy atom. The molecule has 2 fully saturated rings. The first-order valence-corrected chi connectivity index (χ1v) is 6.47. The molecule has 0 N–H and O–H groups in total. The molecular weight excluding hydrogens is 216 g/mol. The fourth-order valence-corrected chi connectivity index (χ4v) is 3.14. The molecule has 1 aliphatic heterocycles. The summed E-state index contributed by atoms with van der Waals surface area (Å²) in [5.74, 6) is 0.519. The first kappa shape index (κ1) is 12.6. The highest BCUT2D eigenvalue weighted by atomic mass is 16.2. The third-order valence-corrected chi connectivity index (χ3v) is 4.16. The molecule has 1 saturated carbocycles. The van der Waals surface area contributed by atoms with Crippen LogP contribution < -0.4 is 0 Å². The molecule has 1 amide bonds. The van der Waals surface area contributed by atoms with Gasteiger partial charge in [0.15, 0.2) is 0 Å². The van der Waals surface area contributed by atoms with Gasteiger partial charge in [-0.3, -0.25) is 14.5 Å². The van der Waals surface area contributed by atoms with Crippen molar-refractivity contribution >= 4 is 11.7 Å². The smallest absolute Gasteiger partial charge is 0.242 e. The van der Waals surface area contributed by atoms with Crippen molar-refractivity contribution in [2.75, 3.05) is 20.1 Å². The number of carbonyl (C=O) groups excluding carboxylic acids is 2. The Kier molecular flexibility index (Phi) is 3.25. The van der Waals surface area contributed by atoms with Gasteiger partial charge in [0.05, 0.1) is 5.54 Å². The van der Waals surface area contributed by atoms with Gasteiger partial charge >= 0.3 is 0 Å². The number of piperazine rings is 1. The second-order valence-electron chi connectivity index (χ2n) is 5.77. The zero-order valence-electron chi connectivity index (χ0n) is 11.0. The number of hydrogen-bond donors (Lipinski definition) is 0. The van der Waals surface area contributed by atoms with Gasteiger partial charge in [0, 0.05) is 39.0 Å². The van der Waals surface area contributed by atoms with Crippen LogP contribution in [0.4, 0.5) is 0 Å². The normalized spacial score (nSPS) is 30.8. The van der Waals surface area contributed by atoms with Crippen molar-refractivity contribution in [2.45, 2.75) is 51.1 Å². The van der Waals surface area contributed by atoms with Gasteiger partial charge < -0.3 is 4.90 Å². The minimum Gasteiger partial charge on any atom is -0.343 e. The summed E-state index contributed by atoms with van der Waals surface area (Å²) < 4.78 is 0. The Balaban J connectivity index is 2.14. The van der Waals surface area contributed by atoms with Crippen molar-refractivity contribution < 1.29 is 9.59 Å². The van der Waals surface area contributed by atoms with Gasteiger partial charge in [-0.1, -0.05) is 0 Å². The molecule has 0 spiro atoms. The topological polar surface area (TPSA) is 40.6 Å². The molecule has 4 nitrogen and oxygen atoms in total. The zero-order chi connectivity index (χ0) is 12.6. The van der Waals surface area contributed by atoms with E-state index in [1.165, 1.54) is 0 Å². The van der Waals surface area contributed by atoms with Gasteiger partial charge in [0.1, 0.15) is 5.78 Å². The largest absolute Gasteiger partial charge is 0.343 e. The van der Waals surface area contributed by atoms with Crippen molar-refractivity contribution in [1.82, 2.24) is 9.80 Å². The molecule has 0 aromatic heterocycles. The van der Waals surface area contributed by atoms with Crippen LogP contribution in [0.1, 0.15) is 39.5 Å². The fourth-order valence-electron chi connectivity index (χ4n) is 3.14. The maximum Gasteiger partial charge on any atom is 0.242 e. The summed E-state index contributed by atoms with van der Waals surface area (Å²) in [6, 6.07) is 0.267. The van der Waals surface area contributed by atoms with Crippen LogP contribution in [0, 0.1) is 0 Å². The maximum atomic E-state index is 12.2. The lowest BCUT2D eigenvalue weighted by atomic mass is 9.87. The van der Waals surface area contributed by atoms with Crippen LogP contribution in [0.2, 0.25) is 0 Å². The Labute approximate surface area is 103 Å². The summed E-state index contributed by atoms with van der Waals surface area (Å²) in [5, 5.41) is 0. The highest BCUT2D eigenvalue weighted by Gasteiger charge is 2.44. The predicted molar refractivity (Wildman–Crippen MR) is 65.7 cm³/mol. The van der Waals surface area contributed by atoms with Gasteiger partial charge in [-0.2, -0.15) is 0 Å². The number of nitrogens with zero attached hydrogens (tertiary/aromatic N) is 2. The number of hydrogen-bond acceptors (Lipinski definition) is 3. The van der Waals surface area contributed by atoms with Crippen molar-refractivity contribution in [3.8, 4) is 0 Å². The van der Waals surface area contributed by atoms with Crippen LogP contribution in [-0.4, -0.2) is 53.2 Å². The maximum absolute atomic E-state index is 12.2. The molecule has 1 unspecified atom stereocenters. The molecule has 0 radical (unpaired) electrons. The van der Waals surface area contributed by atoms with E-state index in [1.54, 1.807) is 4.90 Å². The highest BCUT2D eigenvalue weighted by molar-refractivity contribution is 5.86. The zero-order valence-corrected chi connectivity index (χ0v) is 11.0. The lowest BCUT2D eigenvalue weighted by Gasteiger charge is -2.49. The van der Waals surface area contributed by atoms with Gasteiger partial charge in [0.2, 0.25) is 5.91 Å². The first-order chi connectivity index (χ1) is 7.93. The summed E-state index contributed by atoms with van der Waals surface area (Å²) in [6.45, 7) is 5.61. The summed E-state index contributed by atoms with van der Waals surface area (Å²) in [5.41, 5.74) is -0.463. The summed E-state index contributed by atoms with van der Waals surface area (Å²) in [6.07, 6.45) is 3.37. The van der Waals surface area contributed by atoms with Crippen LogP contribution in [-0.2, 0) is 9.59 Å². The number of Topliss-reactive ketones (excluding diaryl/α,β-unsaturated/α-hetero) is 1. The molecule has 1 atom stereocenters. The van der Waals surface area contributed by atoms with Crippen molar-refractivity contribution in [1.29, 1.82) is 0 Å². The van der Waals surface area contributed by atoms with Gasteiger partial charge in [-0.05, 0) is 26.7 Å². The van der Waals surface area contributed by atoms with Crippen LogP contribution in [0.5, 0.6) is 0 Å². The Bertz CT molecular complexity index is 338. The summed E-state index contributed by atoms with van der Waals surface area (Å²) >= 11 is 0. The van der Waals surface area contributed by atoms with Crippen molar-refractivity contribution in [3.63, 3.8) is 0 Å². The number of rotatable bonds is 1. The third-order valence-electron chi connectivity index (χ3n) is 4.16.